The summed E-state index contributed by atoms with van der Waals surface area (Å²) in [4.78, 5) is 11.7. The Bertz CT molecular complexity index is 986. The molecule has 0 aromatic heterocycles. The van der Waals surface area contributed by atoms with Crippen LogP contribution >= 0.6 is 0 Å². The highest BCUT2D eigenvalue weighted by atomic mass is 19.4. The molecule has 1 rings (SSSR count). The van der Waals surface area contributed by atoms with Crippen LogP contribution in [0.1, 0.15) is 5.56 Å². The van der Waals surface area contributed by atoms with Gasteiger partial charge < -0.3 is 5.32 Å². The summed E-state index contributed by atoms with van der Waals surface area (Å²) in [5.41, 5.74) is -1.10. The minimum Gasteiger partial charge on any atom is -0.321 e. The van der Waals surface area contributed by atoms with Crippen molar-refractivity contribution in [3.05, 3.63) is 29.8 Å². The van der Waals surface area contributed by atoms with Gasteiger partial charge in [0, 0.05) is 5.69 Å². The second-order valence-electron chi connectivity index (χ2n) is 6.76. The van der Waals surface area contributed by atoms with E-state index in [0.29, 0.717) is 6.07 Å². The molecule has 0 radical (unpaired) electrons. The lowest BCUT2D eigenvalue weighted by atomic mass is 10.1. The summed E-state index contributed by atoms with van der Waals surface area (Å²) < 4.78 is 226. The average Bonchev–Trinajstić information content (AvgIpc) is 2.66. The molecule has 1 amide bonds. The van der Waals surface area contributed by atoms with Gasteiger partial charge in [-0.15, -0.1) is 0 Å². The number of benzene rings is 1. The largest absolute Gasteiger partial charge is 0.462 e. The maximum atomic E-state index is 14.4. The molecule has 214 valence electrons. The number of carbonyl (C=O) groups is 1. The standard InChI is InChI=1S/C16H8F17NO3/c1-6-4-2-3-5-7(6)34-8(35)9(17,12(21,22)23)36-16(32,33)11(20,14(27,28)29)37-15(30,31)10(18,19)13(24,25)26/h2-5H,1H3,(H,34,35)/t9-,11-/m0/s1. The minimum absolute atomic E-state index is 0.250. The van der Waals surface area contributed by atoms with Crippen LogP contribution in [0.2, 0.25) is 0 Å². The van der Waals surface area contributed by atoms with Crippen molar-refractivity contribution < 1.29 is 88.9 Å². The number of hydrogen-bond acceptors (Lipinski definition) is 3. The molecule has 0 heterocycles. The van der Waals surface area contributed by atoms with Crippen molar-refractivity contribution in [2.75, 3.05) is 5.32 Å². The molecule has 2 atom stereocenters. The van der Waals surface area contributed by atoms with E-state index >= 15 is 0 Å². The quantitative estimate of drug-likeness (QED) is 0.342. The van der Waals surface area contributed by atoms with E-state index in [4.69, 9.17) is 0 Å². The molecule has 0 fully saturated rings. The maximum absolute atomic E-state index is 14.4. The van der Waals surface area contributed by atoms with Crippen LogP contribution in [0, 0.1) is 6.92 Å². The molecule has 21 heteroatoms. The van der Waals surface area contributed by atoms with Gasteiger partial charge in [0.25, 0.3) is 5.91 Å². The van der Waals surface area contributed by atoms with Crippen molar-refractivity contribution in [2.45, 2.75) is 55.3 Å². The van der Waals surface area contributed by atoms with Gasteiger partial charge in [-0.25, -0.2) is 0 Å². The lowest BCUT2D eigenvalue weighted by Gasteiger charge is -2.40. The third kappa shape index (κ3) is 5.80. The number of ether oxygens (including phenoxy) is 2. The zero-order valence-corrected chi connectivity index (χ0v) is 17.0. The summed E-state index contributed by atoms with van der Waals surface area (Å²) in [5.74, 6) is -26.2. The SMILES string of the molecule is Cc1ccccc1NC(=O)[C@](F)(OC(F)(F)[C@@](F)(OC(F)(F)C(F)(F)C(F)(F)F)C(F)(F)F)C(F)(F)F. The van der Waals surface area contributed by atoms with Crippen LogP contribution in [0.25, 0.3) is 0 Å². The molecule has 37 heavy (non-hydrogen) atoms. The molecule has 4 nitrogen and oxygen atoms in total. The van der Waals surface area contributed by atoms with Crippen molar-refractivity contribution in [2.24, 2.45) is 0 Å². The lowest BCUT2D eigenvalue weighted by molar-refractivity contribution is -0.548. The number of anilines is 1. The molecule has 0 saturated heterocycles. The molecule has 0 bridgehead atoms. The normalized spacial score (nSPS) is 17.7. The lowest BCUT2D eigenvalue weighted by Crippen LogP contribution is -2.68. The van der Waals surface area contributed by atoms with E-state index in [-0.39, 0.29) is 5.56 Å². The number of rotatable bonds is 8. The van der Waals surface area contributed by atoms with Gasteiger partial charge in [-0.3, -0.25) is 14.3 Å². The third-order valence-corrected chi connectivity index (χ3v) is 4.05. The van der Waals surface area contributed by atoms with Crippen LogP contribution in [0.5, 0.6) is 0 Å². The Hall–Kier alpha value is -2.58. The molecule has 0 saturated carbocycles. The van der Waals surface area contributed by atoms with Gasteiger partial charge in [0.2, 0.25) is 0 Å². The van der Waals surface area contributed by atoms with Crippen LogP contribution in [0.3, 0.4) is 0 Å². The Labute approximate surface area is 192 Å². The molecule has 0 unspecified atom stereocenters. The molecule has 1 N–H and O–H groups in total. The highest BCUT2D eigenvalue weighted by Gasteiger charge is 2.85. The van der Waals surface area contributed by atoms with Crippen LogP contribution in [0.4, 0.5) is 80.3 Å². The Morgan fingerprint density at radius 1 is 0.649 bits per heavy atom. The number of hydrogen-bond donors (Lipinski definition) is 1. The van der Waals surface area contributed by atoms with Crippen LogP contribution in [-0.4, -0.2) is 54.3 Å². The minimum atomic E-state index is -8.05. The zero-order chi connectivity index (χ0) is 29.7. The molecule has 0 spiro atoms. The topological polar surface area (TPSA) is 47.6 Å². The van der Waals surface area contributed by atoms with Crippen molar-refractivity contribution in [1.82, 2.24) is 0 Å². The summed E-state index contributed by atoms with van der Waals surface area (Å²) in [7, 11) is 0. The molecule has 1 aromatic rings. The molecular weight excluding hydrogens is 577 g/mol. The van der Waals surface area contributed by atoms with Gasteiger partial charge in [0.1, 0.15) is 0 Å². The summed E-state index contributed by atoms with van der Waals surface area (Å²) in [6.45, 7) is 0.992. The number of carbonyl (C=O) groups excluding carboxylic acids is 1. The fourth-order valence-electron chi connectivity index (χ4n) is 2.08. The molecular formula is C16H8F17NO3. The van der Waals surface area contributed by atoms with Gasteiger partial charge >= 0.3 is 48.4 Å². The van der Waals surface area contributed by atoms with E-state index in [1.165, 1.54) is 4.74 Å². The fraction of sp³-hybridized carbons (Fsp3) is 0.562. The van der Waals surface area contributed by atoms with Crippen LogP contribution in [0.15, 0.2) is 24.3 Å². The highest BCUT2D eigenvalue weighted by Crippen LogP contribution is 2.56. The van der Waals surface area contributed by atoms with Crippen LogP contribution < -0.4 is 5.32 Å². The monoisotopic (exact) mass is 585 g/mol. The van der Waals surface area contributed by atoms with E-state index in [1.807, 2.05) is 4.74 Å². The third-order valence-electron chi connectivity index (χ3n) is 4.05. The fourth-order valence-corrected chi connectivity index (χ4v) is 2.08. The first-order valence-electron chi connectivity index (χ1n) is 8.56. The number of amides is 1. The Kier molecular flexibility index (Phi) is 8.17. The van der Waals surface area contributed by atoms with E-state index in [2.05, 4.69) is 0 Å². The number of halogens is 17. The predicted molar refractivity (Wildman–Crippen MR) is 82.7 cm³/mol. The predicted octanol–water partition coefficient (Wildman–Crippen LogP) is 6.81. The molecule has 1 aromatic carbocycles. The first-order chi connectivity index (χ1) is 16.1. The number of nitrogens with one attached hydrogen (secondary N) is 1. The molecule has 0 aliphatic rings. The Morgan fingerprint density at radius 3 is 1.49 bits per heavy atom. The summed E-state index contributed by atoms with van der Waals surface area (Å²) in [5, 5.41) is 0.909. The van der Waals surface area contributed by atoms with Gasteiger partial charge in [0.15, 0.2) is 0 Å². The number of alkyl halides is 17. The van der Waals surface area contributed by atoms with Crippen molar-refractivity contribution in [3.63, 3.8) is 0 Å². The van der Waals surface area contributed by atoms with Crippen molar-refractivity contribution in [1.29, 1.82) is 0 Å². The summed E-state index contributed by atoms with van der Waals surface area (Å²) in [6.07, 6.45) is -38.6. The number of aryl methyl sites for hydroxylation is 1. The van der Waals surface area contributed by atoms with Crippen molar-refractivity contribution >= 4 is 11.6 Å². The van der Waals surface area contributed by atoms with E-state index in [1.54, 1.807) is 0 Å². The first kappa shape index (κ1) is 32.4. The van der Waals surface area contributed by atoms with Gasteiger partial charge in [-0.1, -0.05) is 18.2 Å². The summed E-state index contributed by atoms with van der Waals surface area (Å²) in [6, 6.07) is 3.74. The zero-order valence-electron chi connectivity index (χ0n) is 17.0. The van der Waals surface area contributed by atoms with E-state index in [9.17, 15) is 79.4 Å². The van der Waals surface area contributed by atoms with Crippen molar-refractivity contribution in [3.8, 4) is 0 Å². The smallest absolute Gasteiger partial charge is 0.321 e. The summed E-state index contributed by atoms with van der Waals surface area (Å²) >= 11 is 0. The average molecular weight is 585 g/mol. The van der Waals surface area contributed by atoms with E-state index in [0.717, 1.165) is 30.4 Å². The Balaban J connectivity index is 3.64. The van der Waals surface area contributed by atoms with E-state index < -0.39 is 60.0 Å². The van der Waals surface area contributed by atoms with Gasteiger partial charge in [0.05, 0.1) is 0 Å². The second-order valence-corrected chi connectivity index (χ2v) is 6.76. The number of para-hydroxylation sites is 1. The van der Waals surface area contributed by atoms with Crippen LogP contribution in [-0.2, 0) is 14.3 Å². The maximum Gasteiger partial charge on any atom is 0.462 e. The Morgan fingerprint density at radius 2 is 1.11 bits per heavy atom. The first-order valence-corrected chi connectivity index (χ1v) is 8.56. The molecule has 0 aliphatic heterocycles. The van der Waals surface area contributed by atoms with Gasteiger partial charge in [-0.2, -0.15) is 74.6 Å². The second kappa shape index (κ2) is 9.31. The molecule has 0 aliphatic carbocycles. The van der Waals surface area contributed by atoms with Gasteiger partial charge in [-0.05, 0) is 18.6 Å². The highest BCUT2D eigenvalue weighted by molar-refractivity contribution is 5.97.